The van der Waals surface area contributed by atoms with Crippen LogP contribution >= 0.6 is 0 Å². The van der Waals surface area contributed by atoms with Crippen LogP contribution in [0.1, 0.15) is 40.5 Å². The highest BCUT2D eigenvalue weighted by Gasteiger charge is 2.18. The van der Waals surface area contributed by atoms with Crippen LogP contribution in [0.3, 0.4) is 0 Å². The van der Waals surface area contributed by atoms with Crippen molar-refractivity contribution in [3.8, 4) is 5.88 Å². The molecule has 6 heteroatoms. The lowest BCUT2D eigenvalue weighted by atomic mass is 10.2. The number of fused-ring (bicyclic) bond motifs is 1. The normalized spacial score (nSPS) is 12.2. The molecule has 0 saturated heterocycles. The van der Waals surface area contributed by atoms with Crippen LogP contribution in [0.2, 0.25) is 0 Å². The number of aromatic hydroxyl groups is 1. The smallest absolute Gasteiger partial charge is 0.452 e. The molecule has 0 fully saturated rings. The summed E-state index contributed by atoms with van der Waals surface area (Å²) in [5.74, 6) is 0.0203. The molecule has 124 valence electrons. The van der Waals surface area contributed by atoms with Gasteiger partial charge in [0, 0.05) is 11.9 Å². The van der Waals surface area contributed by atoms with Gasteiger partial charge in [-0.2, -0.15) is 0 Å². The number of unbranched alkanes of at least 4 members (excludes halogenated alkanes) is 1. The minimum absolute atomic E-state index is 0.0203. The van der Waals surface area contributed by atoms with E-state index < -0.39 is 11.7 Å². The number of carbonyl (C=O) groups is 1. The van der Waals surface area contributed by atoms with E-state index in [0.29, 0.717) is 12.2 Å². The molecule has 2 rings (SSSR count). The maximum Gasteiger partial charge on any atom is 0.452 e. The van der Waals surface area contributed by atoms with Crippen LogP contribution in [-0.2, 0) is 11.3 Å². The molecular formula is C17H23N3O3. The SMILES string of the molecule is CCCCn1c(O)c(N=NC(=O)OC(C)(C)C)c2ccccc21. The summed E-state index contributed by atoms with van der Waals surface area (Å²) in [6, 6.07) is 7.52. The third-order valence-electron chi connectivity index (χ3n) is 3.28. The Morgan fingerprint density at radius 1 is 1.30 bits per heavy atom. The van der Waals surface area contributed by atoms with E-state index in [-0.39, 0.29) is 5.88 Å². The molecule has 0 aliphatic heterocycles. The molecular weight excluding hydrogens is 294 g/mol. The average molecular weight is 317 g/mol. The van der Waals surface area contributed by atoms with Gasteiger partial charge in [0.25, 0.3) is 0 Å². The molecule has 23 heavy (non-hydrogen) atoms. The molecule has 0 unspecified atom stereocenters. The molecule has 0 atom stereocenters. The number of hydrogen-bond acceptors (Lipinski definition) is 4. The molecule has 6 nitrogen and oxygen atoms in total. The standard InChI is InChI=1S/C17H23N3O3/c1-5-6-11-20-13-10-8-7-9-12(13)14(15(20)21)18-19-16(22)23-17(2,3)4/h7-10,21H,5-6,11H2,1-4H3. The van der Waals surface area contributed by atoms with Gasteiger partial charge >= 0.3 is 6.09 Å². The van der Waals surface area contributed by atoms with Crippen molar-refractivity contribution in [1.82, 2.24) is 4.57 Å². The maximum atomic E-state index is 11.7. The fourth-order valence-corrected chi connectivity index (χ4v) is 2.29. The molecule has 0 radical (unpaired) electrons. The number of hydrogen-bond donors (Lipinski definition) is 1. The van der Waals surface area contributed by atoms with Crippen molar-refractivity contribution >= 4 is 22.7 Å². The van der Waals surface area contributed by atoms with E-state index in [4.69, 9.17) is 4.74 Å². The zero-order valence-electron chi connectivity index (χ0n) is 14.0. The highest BCUT2D eigenvalue weighted by Crippen LogP contribution is 2.39. The predicted octanol–water partition coefficient (Wildman–Crippen LogP) is 5.17. The Bertz CT molecular complexity index is 726. The van der Waals surface area contributed by atoms with Crippen molar-refractivity contribution in [2.45, 2.75) is 52.7 Å². The summed E-state index contributed by atoms with van der Waals surface area (Å²) in [6.07, 6.45) is 1.18. The van der Waals surface area contributed by atoms with E-state index in [1.54, 1.807) is 25.3 Å². The molecule has 1 heterocycles. The summed E-state index contributed by atoms with van der Waals surface area (Å²) >= 11 is 0. The fraction of sp³-hybridized carbons (Fsp3) is 0.471. The van der Waals surface area contributed by atoms with Crippen LogP contribution in [0.15, 0.2) is 34.5 Å². The minimum Gasteiger partial charge on any atom is -0.493 e. The van der Waals surface area contributed by atoms with Crippen LogP contribution < -0.4 is 0 Å². The average Bonchev–Trinajstić information content (AvgIpc) is 2.73. The van der Waals surface area contributed by atoms with Crippen molar-refractivity contribution in [1.29, 1.82) is 0 Å². The summed E-state index contributed by atoms with van der Waals surface area (Å²) in [7, 11) is 0. The third kappa shape index (κ3) is 4.09. The van der Waals surface area contributed by atoms with Gasteiger partial charge in [-0.3, -0.25) is 0 Å². The maximum absolute atomic E-state index is 11.7. The number of aromatic nitrogens is 1. The Kier molecular flexibility index (Phi) is 5.03. The van der Waals surface area contributed by atoms with Gasteiger partial charge in [-0.15, -0.1) is 5.11 Å². The monoisotopic (exact) mass is 317 g/mol. The van der Waals surface area contributed by atoms with Crippen LogP contribution in [0.4, 0.5) is 10.5 Å². The number of rotatable bonds is 4. The Morgan fingerprint density at radius 2 is 2.00 bits per heavy atom. The lowest BCUT2D eigenvalue weighted by Gasteiger charge is -2.16. The molecule has 0 aliphatic carbocycles. The van der Waals surface area contributed by atoms with Crippen LogP contribution in [0.5, 0.6) is 5.88 Å². The number of aryl methyl sites for hydroxylation is 1. The van der Waals surface area contributed by atoms with Crippen molar-refractivity contribution < 1.29 is 14.6 Å². The summed E-state index contributed by atoms with van der Waals surface area (Å²) in [5, 5.41) is 18.7. The first-order valence-corrected chi connectivity index (χ1v) is 7.78. The van der Waals surface area contributed by atoms with Gasteiger partial charge in [-0.25, -0.2) is 4.79 Å². The Labute approximate surface area is 135 Å². The first kappa shape index (κ1) is 17.0. The number of azo groups is 1. The van der Waals surface area contributed by atoms with Crippen LogP contribution in [0.25, 0.3) is 10.9 Å². The van der Waals surface area contributed by atoms with Gasteiger partial charge in [0.2, 0.25) is 5.88 Å². The van der Waals surface area contributed by atoms with E-state index in [9.17, 15) is 9.90 Å². The number of nitrogens with zero attached hydrogens (tertiary/aromatic N) is 3. The quantitative estimate of drug-likeness (QED) is 0.791. The van der Waals surface area contributed by atoms with E-state index in [2.05, 4.69) is 17.2 Å². The molecule has 1 aromatic heterocycles. The molecule has 1 aromatic carbocycles. The van der Waals surface area contributed by atoms with Crippen molar-refractivity contribution in [2.24, 2.45) is 10.2 Å². The lowest BCUT2D eigenvalue weighted by Crippen LogP contribution is -2.21. The number of amides is 1. The van der Waals surface area contributed by atoms with E-state index in [1.165, 1.54) is 0 Å². The predicted molar refractivity (Wildman–Crippen MR) is 89.3 cm³/mol. The highest BCUT2D eigenvalue weighted by molar-refractivity contribution is 5.95. The lowest BCUT2D eigenvalue weighted by molar-refractivity contribution is 0.0592. The van der Waals surface area contributed by atoms with Gasteiger partial charge in [0.05, 0.1) is 5.52 Å². The van der Waals surface area contributed by atoms with Crippen molar-refractivity contribution in [2.75, 3.05) is 0 Å². The van der Waals surface area contributed by atoms with Crippen molar-refractivity contribution in [3.63, 3.8) is 0 Å². The Morgan fingerprint density at radius 3 is 2.65 bits per heavy atom. The third-order valence-corrected chi connectivity index (χ3v) is 3.28. The molecule has 0 spiro atoms. The zero-order valence-corrected chi connectivity index (χ0v) is 14.0. The van der Waals surface area contributed by atoms with Gasteiger partial charge in [0.1, 0.15) is 5.60 Å². The Balaban J connectivity index is 2.37. The molecule has 0 bridgehead atoms. The molecule has 0 saturated carbocycles. The first-order valence-electron chi connectivity index (χ1n) is 7.78. The molecule has 2 aromatic rings. The second-order valence-electron chi connectivity index (χ2n) is 6.37. The number of carbonyl (C=O) groups excluding carboxylic acids is 1. The molecule has 1 N–H and O–H groups in total. The van der Waals surface area contributed by atoms with Gasteiger partial charge < -0.3 is 14.4 Å². The van der Waals surface area contributed by atoms with Gasteiger partial charge in [0.15, 0.2) is 5.69 Å². The largest absolute Gasteiger partial charge is 0.493 e. The van der Waals surface area contributed by atoms with E-state index in [1.807, 2.05) is 24.3 Å². The van der Waals surface area contributed by atoms with E-state index >= 15 is 0 Å². The summed E-state index contributed by atoms with van der Waals surface area (Å²) in [4.78, 5) is 11.7. The van der Waals surface area contributed by atoms with Crippen LogP contribution in [-0.4, -0.2) is 21.4 Å². The molecule has 0 aliphatic rings. The zero-order chi connectivity index (χ0) is 17.0. The number of ether oxygens (including phenoxy) is 1. The second-order valence-corrected chi connectivity index (χ2v) is 6.37. The van der Waals surface area contributed by atoms with Gasteiger partial charge in [-0.05, 0) is 33.3 Å². The van der Waals surface area contributed by atoms with Crippen LogP contribution in [0, 0.1) is 0 Å². The summed E-state index contributed by atoms with van der Waals surface area (Å²) in [6.45, 7) is 8.05. The molecule has 1 amide bonds. The Hall–Kier alpha value is -2.37. The number of para-hydroxylation sites is 1. The van der Waals surface area contributed by atoms with Crippen molar-refractivity contribution in [3.05, 3.63) is 24.3 Å². The highest BCUT2D eigenvalue weighted by atomic mass is 16.6. The summed E-state index contributed by atoms with van der Waals surface area (Å²) in [5.41, 5.74) is 0.534. The summed E-state index contributed by atoms with van der Waals surface area (Å²) < 4.78 is 6.89. The topological polar surface area (TPSA) is 76.2 Å². The minimum atomic E-state index is -0.776. The van der Waals surface area contributed by atoms with Gasteiger partial charge in [-0.1, -0.05) is 36.7 Å². The number of benzene rings is 1. The second kappa shape index (κ2) is 6.81. The first-order chi connectivity index (χ1) is 10.8. The van der Waals surface area contributed by atoms with E-state index in [0.717, 1.165) is 23.7 Å². The fourth-order valence-electron chi connectivity index (χ4n) is 2.29.